The largest absolute Gasteiger partial charge is 0.497 e. The average molecular weight is 400 g/mol. The Labute approximate surface area is 173 Å². The summed E-state index contributed by atoms with van der Waals surface area (Å²) in [5, 5.41) is 0.419. The van der Waals surface area contributed by atoms with Crippen LogP contribution in [0, 0.1) is 0 Å². The van der Waals surface area contributed by atoms with Crippen LogP contribution in [0.3, 0.4) is 0 Å². The molecule has 0 fully saturated rings. The number of rotatable bonds is 7. The SMILES string of the molecule is COc1cccc(Oc2coc3cc(OC/C=C/c4ccccc4)ccc3c2=O)c1. The molecule has 0 N–H and O–H groups in total. The predicted molar refractivity (Wildman–Crippen MR) is 117 cm³/mol. The number of hydrogen-bond donors (Lipinski definition) is 0. The second-order valence-electron chi connectivity index (χ2n) is 6.49. The van der Waals surface area contributed by atoms with Crippen LogP contribution < -0.4 is 19.6 Å². The van der Waals surface area contributed by atoms with Crippen LogP contribution in [0.5, 0.6) is 23.0 Å². The molecule has 5 nitrogen and oxygen atoms in total. The number of methoxy groups -OCH3 is 1. The fraction of sp³-hybridized carbons (Fsp3) is 0.0800. The molecule has 0 saturated heterocycles. The lowest BCUT2D eigenvalue weighted by Gasteiger charge is -2.08. The first-order valence-corrected chi connectivity index (χ1v) is 9.45. The first kappa shape index (κ1) is 19.3. The van der Waals surface area contributed by atoms with Gasteiger partial charge in [-0.1, -0.05) is 42.5 Å². The van der Waals surface area contributed by atoms with E-state index in [0.29, 0.717) is 34.8 Å². The molecule has 5 heteroatoms. The number of fused-ring (bicyclic) bond motifs is 1. The van der Waals surface area contributed by atoms with E-state index in [0.717, 1.165) is 5.56 Å². The molecule has 0 amide bonds. The van der Waals surface area contributed by atoms with E-state index < -0.39 is 0 Å². The third kappa shape index (κ3) is 4.52. The van der Waals surface area contributed by atoms with Gasteiger partial charge in [0, 0.05) is 12.1 Å². The minimum absolute atomic E-state index is 0.107. The van der Waals surface area contributed by atoms with Crippen LogP contribution in [-0.2, 0) is 0 Å². The van der Waals surface area contributed by atoms with Gasteiger partial charge >= 0.3 is 0 Å². The van der Waals surface area contributed by atoms with Crippen molar-refractivity contribution in [2.24, 2.45) is 0 Å². The zero-order valence-corrected chi connectivity index (χ0v) is 16.4. The normalized spacial score (nSPS) is 11.0. The fourth-order valence-corrected chi connectivity index (χ4v) is 2.94. The molecule has 0 spiro atoms. The van der Waals surface area contributed by atoms with Crippen molar-refractivity contribution >= 4 is 17.0 Å². The molecule has 0 saturated carbocycles. The van der Waals surface area contributed by atoms with Crippen molar-refractivity contribution in [3.05, 3.63) is 101 Å². The molecule has 1 heterocycles. The molecule has 4 aromatic rings. The third-order valence-corrected chi connectivity index (χ3v) is 4.44. The van der Waals surface area contributed by atoms with E-state index in [1.807, 2.05) is 42.5 Å². The molecule has 4 rings (SSSR count). The second-order valence-corrected chi connectivity index (χ2v) is 6.49. The Kier molecular flexibility index (Phi) is 5.80. The van der Waals surface area contributed by atoms with Crippen LogP contribution >= 0.6 is 0 Å². The van der Waals surface area contributed by atoms with Crippen LogP contribution in [0.15, 0.2) is 94.3 Å². The monoisotopic (exact) mass is 400 g/mol. The summed E-state index contributed by atoms with van der Waals surface area (Å²) < 4.78 is 22.2. The minimum atomic E-state index is -0.255. The lowest BCUT2D eigenvalue weighted by atomic mass is 10.2. The van der Waals surface area contributed by atoms with Gasteiger partial charge in [0.2, 0.25) is 11.2 Å². The maximum absolute atomic E-state index is 12.7. The van der Waals surface area contributed by atoms with E-state index in [2.05, 4.69) is 0 Å². The van der Waals surface area contributed by atoms with E-state index in [9.17, 15) is 4.79 Å². The minimum Gasteiger partial charge on any atom is -0.497 e. The van der Waals surface area contributed by atoms with Crippen molar-refractivity contribution in [3.8, 4) is 23.0 Å². The van der Waals surface area contributed by atoms with E-state index in [1.165, 1.54) is 6.26 Å². The van der Waals surface area contributed by atoms with Gasteiger partial charge in [0.1, 0.15) is 35.7 Å². The zero-order chi connectivity index (χ0) is 20.8. The van der Waals surface area contributed by atoms with Crippen LogP contribution in [0.4, 0.5) is 0 Å². The number of ether oxygens (including phenoxy) is 3. The summed E-state index contributed by atoms with van der Waals surface area (Å²) in [7, 11) is 1.57. The molecular formula is C25H20O5. The van der Waals surface area contributed by atoms with Crippen LogP contribution in [-0.4, -0.2) is 13.7 Å². The highest BCUT2D eigenvalue weighted by atomic mass is 16.5. The molecule has 0 aliphatic carbocycles. The van der Waals surface area contributed by atoms with Gasteiger partial charge in [-0.25, -0.2) is 0 Å². The Morgan fingerprint density at radius 3 is 2.57 bits per heavy atom. The molecule has 0 bridgehead atoms. The second kappa shape index (κ2) is 9.01. The molecule has 1 aromatic heterocycles. The molecule has 150 valence electrons. The smallest absolute Gasteiger partial charge is 0.235 e. The Balaban J connectivity index is 1.48. The summed E-state index contributed by atoms with van der Waals surface area (Å²) in [6, 6.07) is 22.1. The summed E-state index contributed by atoms with van der Waals surface area (Å²) in [5.74, 6) is 1.85. The van der Waals surface area contributed by atoms with Gasteiger partial charge in [-0.15, -0.1) is 0 Å². The topological polar surface area (TPSA) is 57.9 Å². The fourth-order valence-electron chi connectivity index (χ4n) is 2.94. The molecular weight excluding hydrogens is 380 g/mol. The van der Waals surface area contributed by atoms with Crippen molar-refractivity contribution in [1.29, 1.82) is 0 Å². The van der Waals surface area contributed by atoms with Crippen molar-refractivity contribution in [2.75, 3.05) is 13.7 Å². The van der Waals surface area contributed by atoms with E-state index in [-0.39, 0.29) is 11.2 Å². The molecule has 0 radical (unpaired) electrons. The summed E-state index contributed by atoms with van der Waals surface area (Å²) in [5.41, 5.74) is 1.28. The first-order valence-electron chi connectivity index (χ1n) is 9.45. The molecule has 0 aliphatic heterocycles. The van der Waals surface area contributed by atoms with Gasteiger partial charge < -0.3 is 18.6 Å². The van der Waals surface area contributed by atoms with Crippen LogP contribution in [0.1, 0.15) is 5.56 Å². The van der Waals surface area contributed by atoms with Crippen molar-refractivity contribution < 1.29 is 18.6 Å². The predicted octanol–water partition coefficient (Wildman–Crippen LogP) is 5.69. The standard InChI is InChI=1S/C25H20O5/c1-27-19-10-5-11-21(15-19)30-24-17-29-23-16-20(12-13-22(23)25(24)26)28-14-6-9-18-7-3-2-4-8-18/h2-13,15-17H,14H2,1H3/b9-6+. The summed E-state index contributed by atoms with van der Waals surface area (Å²) in [6.07, 6.45) is 5.23. The molecule has 0 aliphatic rings. The third-order valence-electron chi connectivity index (χ3n) is 4.44. The highest BCUT2D eigenvalue weighted by Gasteiger charge is 2.10. The summed E-state index contributed by atoms with van der Waals surface area (Å²) >= 11 is 0. The van der Waals surface area contributed by atoms with Crippen molar-refractivity contribution in [1.82, 2.24) is 0 Å². The van der Waals surface area contributed by atoms with Gasteiger partial charge in [0.15, 0.2) is 0 Å². The van der Waals surface area contributed by atoms with Gasteiger partial charge in [-0.3, -0.25) is 4.79 Å². The lowest BCUT2D eigenvalue weighted by Crippen LogP contribution is -2.05. The molecule has 0 unspecified atom stereocenters. The van der Waals surface area contributed by atoms with Crippen molar-refractivity contribution in [2.45, 2.75) is 0 Å². The van der Waals surface area contributed by atoms with Crippen LogP contribution in [0.2, 0.25) is 0 Å². The van der Waals surface area contributed by atoms with Crippen LogP contribution in [0.25, 0.3) is 17.0 Å². The quantitative estimate of drug-likeness (QED) is 0.399. The Hall–Kier alpha value is -3.99. The summed E-state index contributed by atoms with van der Waals surface area (Å²) in [4.78, 5) is 12.7. The Morgan fingerprint density at radius 2 is 1.73 bits per heavy atom. The van der Waals surface area contributed by atoms with Gasteiger partial charge in [-0.05, 0) is 35.9 Å². The Bertz CT molecular complexity index is 1230. The number of hydrogen-bond acceptors (Lipinski definition) is 5. The van der Waals surface area contributed by atoms with E-state index >= 15 is 0 Å². The highest BCUT2D eigenvalue weighted by Crippen LogP contribution is 2.26. The first-order chi connectivity index (χ1) is 14.7. The van der Waals surface area contributed by atoms with E-state index in [1.54, 1.807) is 49.6 Å². The maximum Gasteiger partial charge on any atom is 0.235 e. The molecule has 30 heavy (non-hydrogen) atoms. The average Bonchev–Trinajstić information content (AvgIpc) is 2.79. The highest BCUT2D eigenvalue weighted by molar-refractivity contribution is 5.79. The molecule has 0 atom stereocenters. The lowest BCUT2D eigenvalue weighted by molar-refractivity contribution is 0.363. The maximum atomic E-state index is 12.7. The Morgan fingerprint density at radius 1 is 0.900 bits per heavy atom. The van der Waals surface area contributed by atoms with Gasteiger partial charge in [-0.2, -0.15) is 0 Å². The summed E-state index contributed by atoms with van der Waals surface area (Å²) in [6.45, 7) is 0.404. The van der Waals surface area contributed by atoms with Crippen molar-refractivity contribution in [3.63, 3.8) is 0 Å². The van der Waals surface area contributed by atoms with Gasteiger partial charge in [0.25, 0.3) is 0 Å². The van der Waals surface area contributed by atoms with E-state index in [4.69, 9.17) is 18.6 Å². The molecule has 3 aromatic carbocycles. The number of benzene rings is 3. The van der Waals surface area contributed by atoms with Gasteiger partial charge in [0.05, 0.1) is 12.5 Å². The zero-order valence-electron chi connectivity index (χ0n) is 16.4.